The van der Waals surface area contributed by atoms with E-state index in [9.17, 15) is 28.2 Å². The predicted octanol–water partition coefficient (Wildman–Crippen LogP) is 0.235. The summed E-state index contributed by atoms with van der Waals surface area (Å²) in [6.45, 7) is 2.66. The van der Waals surface area contributed by atoms with Crippen LogP contribution >= 0.6 is 0 Å². The topological polar surface area (TPSA) is 115 Å². The maximum absolute atomic E-state index is 13.2. The molecule has 0 aromatic heterocycles. The van der Waals surface area contributed by atoms with Gasteiger partial charge in [-0.1, -0.05) is 24.3 Å². The molecule has 0 heterocycles. The number of aliphatic hydroxyl groups excluding tert-OH is 2. The maximum Gasteiger partial charge on any atom is 0.249 e. The molecule has 0 saturated carbocycles. The van der Waals surface area contributed by atoms with E-state index in [0.717, 1.165) is 4.31 Å². The first-order chi connectivity index (χ1) is 12.8. The van der Waals surface area contributed by atoms with Gasteiger partial charge in [0.25, 0.3) is 0 Å². The number of benzene rings is 1. The highest BCUT2D eigenvalue weighted by Crippen LogP contribution is 2.32. The van der Waals surface area contributed by atoms with Gasteiger partial charge in [-0.15, -0.1) is 0 Å². The van der Waals surface area contributed by atoms with E-state index in [1.807, 2.05) is 0 Å². The van der Waals surface area contributed by atoms with Crippen LogP contribution in [0.1, 0.15) is 34.6 Å². The summed E-state index contributed by atoms with van der Waals surface area (Å²) in [5.41, 5.74) is 0.0359. The minimum Gasteiger partial charge on any atom is -0.395 e. The van der Waals surface area contributed by atoms with Crippen molar-refractivity contribution in [2.24, 2.45) is 0 Å². The molecular formula is C18H24N2O6S. The minimum atomic E-state index is -4.41. The number of rotatable bonds is 9. The van der Waals surface area contributed by atoms with Crippen LogP contribution in [-0.2, 0) is 10.0 Å². The number of Topliss-reactive ketones (excluding diaryl/α,β-unsaturated/α-hetero) is 2. The number of allylic oxidation sites excluding steroid dienone is 2. The van der Waals surface area contributed by atoms with E-state index in [4.69, 9.17) is 0 Å². The number of carbonyl (C=O) groups excluding carboxylic acids is 2. The second-order valence-corrected chi connectivity index (χ2v) is 7.78. The second kappa shape index (κ2) is 8.75. The van der Waals surface area contributed by atoms with Crippen LogP contribution in [0.3, 0.4) is 0 Å². The van der Waals surface area contributed by atoms with Gasteiger partial charge in [-0.05, 0) is 13.8 Å². The van der Waals surface area contributed by atoms with E-state index in [2.05, 4.69) is 0 Å². The molecule has 0 aliphatic heterocycles. The van der Waals surface area contributed by atoms with Gasteiger partial charge in [-0.2, -0.15) is 4.31 Å². The van der Waals surface area contributed by atoms with Crippen molar-refractivity contribution in [3.63, 3.8) is 0 Å². The highest BCUT2D eigenvalue weighted by atomic mass is 32.2. The smallest absolute Gasteiger partial charge is 0.249 e. The summed E-state index contributed by atoms with van der Waals surface area (Å²) in [5.74, 6) is -1.28. The highest BCUT2D eigenvalue weighted by Gasteiger charge is 2.43. The predicted molar refractivity (Wildman–Crippen MR) is 99.7 cm³/mol. The van der Waals surface area contributed by atoms with Crippen LogP contribution in [0.15, 0.2) is 34.9 Å². The van der Waals surface area contributed by atoms with Gasteiger partial charge in [0.1, 0.15) is 5.70 Å². The second-order valence-electron chi connectivity index (χ2n) is 5.91. The normalized spacial score (nSPS) is 14.7. The molecule has 8 nitrogen and oxygen atoms in total. The van der Waals surface area contributed by atoms with Gasteiger partial charge in [0.05, 0.1) is 13.2 Å². The van der Waals surface area contributed by atoms with E-state index in [-0.39, 0.29) is 29.9 Å². The Morgan fingerprint density at radius 3 is 1.81 bits per heavy atom. The number of nitrogens with zero attached hydrogens (tertiary/aromatic N) is 2. The van der Waals surface area contributed by atoms with E-state index < -0.39 is 39.7 Å². The Kier molecular flexibility index (Phi) is 6.88. The molecule has 2 rings (SSSR count). The van der Waals surface area contributed by atoms with Gasteiger partial charge >= 0.3 is 0 Å². The van der Waals surface area contributed by atoms with Gasteiger partial charge in [0.15, 0.2) is 4.91 Å². The molecule has 0 fully saturated rings. The first-order valence-corrected chi connectivity index (χ1v) is 10.2. The molecule has 1 aromatic carbocycles. The van der Waals surface area contributed by atoms with Gasteiger partial charge in [0.2, 0.25) is 21.6 Å². The highest BCUT2D eigenvalue weighted by molar-refractivity contribution is 7.94. The number of sulfonamides is 1. The average Bonchev–Trinajstić information content (AvgIpc) is 2.66. The summed E-state index contributed by atoms with van der Waals surface area (Å²) in [5, 5.41) is 18.4. The van der Waals surface area contributed by atoms with Crippen LogP contribution in [-0.4, -0.2) is 78.8 Å². The molecule has 0 atom stereocenters. The Labute approximate surface area is 158 Å². The summed E-state index contributed by atoms with van der Waals surface area (Å²) >= 11 is 0. The van der Waals surface area contributed by atoms with Crippen LogP contribution in [0.4, 0.5) is 0 Å². The van der Waals surface area contributed by atoms with E-state index >= 15 is 0 Å². The van der Waals surface area contributed by atoms with Crippen LogP contribution in [0, 0.1) is 0 Å². The Bertz CT molecular complexity index is 852. The lowest BCUT2D eigenvalue weighted by molar-refractivity contribution is 0.0948. The summed E-state index contributed by atoms with van der Waals surface area (Å²) in [6, 6.07) is 6.11. The van der Waals surface area contributed by atoms with E-state index in [1.54, 1.807) is 30.9 Å². The Morgan fingerprint density at radius 2 is 1.37 bits per heavy atom. The summed E-state index contributed by atoms with van der Waals surface area (Å²) in [6.07, 6.45) is 0. The van der Waals surface area contributed by atoms with Crippen molar-refractivity contribution in [2.75, 3.05) is 39.4 Å². The fraction of sp³-hybridized carbons (Fsp3) is 0.444. The van der Waals surface area contributed by atoms with Crippen molar-refractivity contribution in [1.29, 1.82) is 0 Å². The monoisotopic (exact) mass is 396 g/mol. The lowest BCUT2D eigenvalue weighted by Crippen LogP contribution is -2.43. The molecule has 0 saturated heterocycles. The lowest BCUT2D eigenvalue weighted by Gasteiger charge is -2.31. The van der Waals surface area contributed by atoms with Gasteiger partial charge in [-0.3, -0.25) is 9.59 Å². The van der Waals surface area contributed by atoms with Crippen molar-refractivity contribution in [3.8, 4) is 0 Å². The Hall–Kier alpha value is -2.07. The fourth-order valence-corrected chi connectivity index (χ4v) is 4.82. The number of likely N-dealkylation sites (N-methyl/N-ethyl adjacent to an activating group) is 1. The van der Waals surface area contributed by atoms with Crippen molar-refractivity contribution in [2.45, 2.75) is 13.8 Å². The van der Waals surface area contributed by atoms with Gasteiger partial charge in [-0.25, -0.2) is 8.42 Å². The van der Waals surface area contributed by atoms with Crippen molar-refractivity contribution < 1.29 is 28.2 Å². The number of carbonyl (C=O) groups is 2. The molecular weight excluding hydrogens is 372 g/mol. The molecule has 1 aromatic rings. The number of aliphatic hydroxyl groups is 2. The molecule has 0 radical (unpaired) electrons. The Morgan fingerprint density at radius 1 is 0.889 bits per heavy atom. The first-order valence-electron chi connectivity index (χ1n) is 8.74. The van der Waals surface area contributed by atoms with E-state index in [0.29, 0.717) is 13.1 Å². The zero-order valence-corrected chi connectivity index (χ0v) is 16.2. The maximum atomic E-state index is 13.2. The molecule has 1 aliphatic carbocycles. The molecule has 2 N–H and O–H groups in total. The SMILES string of the molecule is CCN(CC)C1=C(S(=O)(=O)N(CCO)CCO)C(=O)c2ccccc2C1=O. The minimum absolute atomic E-state index is 0.0323. The molecule has 1 aliphatic rings. The molecule has 27 heavy (non-hydrogen) atoms. The number of fused-ring (bicyclic) bond motifs is 1. The first kappa shape index (κ1) is 21.2. The molecule has 148 valence electrons. The van der Waals surface area contributed by atoms with Crippen molar-refractivity contribution >= 4 is 21.6 Å². The molecule has 9 heteroatoms. The number of hydrogen-bond acceptors (Lipinski definition) is 7. The van der Waals surface area contributed by atoms with Crippen LogP contribution in [0.25, 0.3) is 0 Å². The standard InChI is InChI=1S/C18H24N2O6S/c1-3-19(4-2)15-16(23)13-7-5-6-8-14(13)17(24)18(15)27(25,26)20(9-11-21)10-12-22/h5-8,21-22H,3-4,9-12H2,1-2H3. The lowest BCUT2D eigenvalue weighted by atomic mass is 9.92. The van der Waals surface area contributed by atoms with E-state index in [1.165, 1.54) is 12.1 Å². The summed E-state index contributed by atoms with van der Waals surface area (Å²) in [4.78, 5) is 27.1. The summed E-state index contributed by atoms with van der Waals surface area (Å²) in [7, 11) is -4.41. The van der Waals surface area contributed by atoms with Crippen LogP contribution in [0.5, 0.6) is 0 Å². The zero-order valence-electron chi connectivity index (χ0n) is 15.4. The molecule has 0 spiro atoms. The third kappa shape index (κ3) is 3.81. The molecule has 0 bridgehead atoms. The fourth-order valence-electron chi connectivity index (χ4n) is 3.11. The van der Waals surface area contributed by atoms with Gasteiger partial charge < -0.3 is 15.1 Å². The number of hydrogen-bond donors (Lipinski definition) is 2. The largest absolute Gasteiger partial charge is 0.395 e. The van der Waals surface area contributed by atoms with Crippen LogP contribution < -0.4 is 0 Å². The Balaban J connectivity index is 2.78. The number of ketones is 2. The summed E-state index contributed by atoms with van der Waals surface area (Å²) < 4.78 is 27.3. The third-order valence-corrected chi connectivity index (χ3v) is 6.37. The molecule has 0 unspecified atom stereocenters. The molecule has 0 amide bonds. The van der Waals surface area contributed by atoms with Gasteiger partial charge in [0, 0.05) is 37.3 Å². The van der Waals surface area contributed by atoms with Crippen LogP contribution in [0.2, 0.25) is 0 Å². The van der Waals surface area contributed by atoms with Crippen molar-refractivity contribution in [1.82, 2.24) is 9.21 Å². The zero-order chi connectivity index (χ0) is 20.2. The van der Waals surface area contributed by atoms with Crippen molar-refractivity contribution in [3.05, 3.63) is 46.0 Å². The average molecular weight is 396 g/mol. The quantitative estimate of drug-likeness (QED) is 0.614. The third-order valence-electron chi connectivity index (χ3n) is 4.43.